The maximum Gasteiger partial charge on any atom is 0.249 e. The van der Waals surface area contributed by atoms with E-state index >= 15 is 0 Å². The third kappa shape index (κ3) is 6.00. The number of anilines is 1. The van der Waals surface area contributed by atoms with Crippen molar-refractivity contribution >= 4 is 21.6 Å². The molecule has 0 aliphatic heterocycles. The van der Waals surface area contributed by atoms with Gasteiger partial charge in [-0.3, -0.25) is 4.79 Å². The van der Waals surface area contributed by atoms with Crippen LogP contribution in [0.3, 0.4) is 0 Å². The highest BCUT2D eigenvalue weighted by molar-refractivity contribution is 7.89. The summed E-state index contributed by atoms with van der Waals surface area (Å²) in [7, 11) is -4.29. The Kier molecular flexibility index (Phi) is 8.84. The van der Waals surface area contributed by atoms with E-state index in [4.69, 9.17) is 0 Å². The summed E-state index contributed by atoms with van der Waals surface area (Å²) in [5.74, 6) is -8.29. The molecule has 6 nitrogen and oxygen atoms in total. The Hall–Kier alpha value is -3.44. The highest BCUT2D eigenvalue weighted by atomic mass is 32.2. The number of likely N-dealkylation sites (N-methyl/N-ethyl adjacent to an activating group) is 1. The smallest absolute Gasteiger partial charge is 0.249 e. The van der Waals surface area contributed by atoms with Crippen LogP contribution in [-0.2, 0) is 21.4 Å². The third-order valence-electron chi connectivity index (χ3n) is 7.31. The van der Waals surface area contributed by atoms with Crippen molar-refractivity contribution in [2.75, 3.05) is 18.5 Å². The number of carbonyl (C=O) groups is 1. The average molecular weight is 579 g/mol. The zero-order valence-electron chi connectivity index (χ0n) is 22.1. The van der Waals surface area contributed by atoms with Crippen LogP contribution in [0.15, 0.2) is 53.4 Å². The highest BCUT2D eigenvalue weighted by Crippen LogP contribution is 2.33. The largest absolute Gasteiger partial charge is 0.508 e. The average Bonchev–Trinajstić information content (AvgIpc) is 2.94. The Morgan fingerprint density at radius 2 is 1.52 bits per heavy atom. The monoisotopic (exact) mass is 578 g/mol. The fraction of sp³-hybridized carbons (Fsp3) is 0.345. The second kappa shape index (κ2) is 12.0. The van der Waals surface area contributed by atoms with Gasteiger partial charge in [-0.1, -0.05) is 49.6 Å². The summed E-state index contributed by atoms with van der Waals surface area (Å²) in [5, 5.41) is 9.99. The first-order valence-electron chi connectivity index (χ1n) is 12.9. The van der Waals surface area contributed by atoms with Crippen molar-refractivity contribution in [3.63, 3.8) is 0 Å². The van der Waals surface area contributed by atoms with Crippen molar-refractivity contribution in [2.24, 2.45) is 0 Å². The Morgan fingerprint density at radius 3 is 2.10 bits per heavy atom. The number of aromatic hydroxyl groups is 1. The molecule has 1 N–H and O–H groups in total. The Labute approximate surface area is 230 Å². The van der Waals surface area contributed by atoms with Gasteiger partial charge in [-0.15, -0.1) is 0 Å². The summed E-state index contributed by atoms with van der Waals surface area (Å²) in [4.78, 5) is 12.8. The summed E-state index contributed by atoms with van der Waals surface area (Å²) in [6, 6.07) is 13.5. The van der Waals surface area contributed by atoms with Gasteiger partial charge in [-0.25, -0.2) is 26.0 Å². The lowest BCUT2D eigenvalue weighted by Crippen LogP contribution is -2.41. The minimum Gasteiger partial charge on any atom is -0.508 e. The zero-order chi connectivity index (χ0) is 29.2. The van der Waals surface area contributed by atoms with E-state index in [0.717, 1.165) is 32.4 Å². The van der Waals surface area contributed by atoms with E-state index in [9.17, 15) is 35.9 Å². The maximum atomic E-state index is 14.5. The topological polar surface area (TPSA) is 77.9 Å². The number of sulfonamides is 1. The van der Waals surface area contributed by atoms with Crippen molar-refractivity contribution in [3.8, 4) is 5.75 Å². The molecule has 0 spiro atoms. The predicted octanol–water partition coefficient (Wildman–Crippen LogP) is 6.16. The molecule has 0 aromatic heterocycles. The second-order valence-electron chi connectivity index (χ2n) is 10.0. The van der Waals surface area contributed by atoms with Crippen LogP contribution in [0.25, 0.3) is 0 Å². The first kappa shape index (κ1) is 29.5. The van der Waals surface area contributed by atoms with Gasteiger partial charge in [0.2, 0.25) is 15.9 Å². The van der Waals surface area contributed by atoms with Gasteiger partial charge >= 0.3 is 0 Å². The van der Waals surface area contributed by atoms with Crippen molar-refractivity contribution in [3.05, 3.63) is 88.5 Å². The first-order valence-corrected chi connectivity index (χ1v) is 14.3. The SMILES string of the molecule is Cc1c(F)c(F)c(S(=O)(=O)N(C)CC(=O)N(Cc2ccc(C3CCCCC3)cc2)c2cccc(O)c2)c(F)c1F. The molecule has 1 saturated carbocycles. The minimum absolute atomic E-state index is 0.00235. The molecule has 40 heavy (non-hydrogen) atoms. The Bertz CT molecular complexity index is 1480. The third-order valence-corrected chi connectivity index (χ3v) is 9.13. The lowest BCUT2D eigenvalue weighted by molar-refractivity contribution is -0.118. The van der Waals surface area contributed by atoms with Crippen molar-refractivity contribution in [2.45, 2.75) is 56.4 Å². The minimum atomic E-state index is -5.17. The molecule has 11 heteroatoms. The second-order valence-corrected chi connectivity index (χ2v) is 12.0. The Morgan fingerprint density at radius 1 is 0.925 bits per heavy atom. The van der Waals surface area contributed by atoms with Gasteiger partial charge in [0, 0.05) is 24.4 Å². The van der Waals surface area contributed by atoms with Crippen molar-refractivity contribution in [1.29, 1.82) is 0 Å². The summed E-state index contributed by atoms with van der Waals surface area (Å²) in [6.45, 7) is -0.138. The lowest BCUT2D eigenvalue weighted by Gasteiger charge is -2.26. The van der Waals surface area contributed by atoms with Crippen LogP contribution in [0, 0.1) is 30.2 Å². The summed E-state index contributed by atoms with van der Waals surface area (Å²) < 4.78 is 83.5. The van der Waals surface area contributed by atoms with Crippen LogP contribution in [0.2, 0.25) is 0 Å². The van der Waals surface area contributed by atoms with Crippen LogP contribution in [0.1, 0.15) is 54.7 Å². The van der Waals surface area contributed by atoms with Crippen molar-refractivity contribution < 1.29 is 35.9 Å². The van der Waals surface area contributed by atoms with Crippen LogP contribution >= 0.6 is 0 Å². The van der Waals surface area contributed by atoms with Crippen LogP contribution in [0.4, 0.5) is 23.2 Å². The number of hydrogen-bond acceptors (Lipinski definition) is 4. The molecule has 0 unspecified atom stereocenters. The number of rotatable bonds is 8. The quantitative estimate of drug-likeness (QED) is 0.257. The van der Waals surface area contributed by atoms with Crippen molar-refractivity contribution in [1.82, 2.24) is 4.31 Å². The lowest BCUT2D eigenvalue weighted by atomic mass is 9.84. The molecule has 0 radical (unpaired) electrons. The number of hydrogen-bond donors (Lipinski definition) is 1. The van der Waals surface area contributed by atoms with Gasteiger partial charge in [0.25, 0.3) is 0 Å². The van der Waals surface area contributed by atoms with E-state index in [2.05, 4.69) is 0 Å². The molecule has 4 rings (SSSR count). The fourth-order valence-corrected chi connectivity index (χ4v) is 6.19. The number of phenols is 1. The number of halogens is 4. The highest BCUT2D eigenvalue weighted by Gasteiger charge is 2.36. The van der Waals surface area contributed by atoms with Gasteiger partial charge in [0.15, 0.2) is 28.2 Å². The molecule has 1 fully saturated rings. The van der Waals surface area contributed by atoms with Gasteiger partial charge in [-0.05, 0) is 48.9 Å². The summed E-state index contributed by atoms with van der Waals surface area (Å²) in [5.41, 5.74) is 1.17. The Balaban J connectivity index is 1.61. The van der Waals surface area contributed by atoms with Crippen LogP contribution < -0.4 is 4.90 Å². The molecule has 0 saturated heterocycles. The molecule has 3 aromatic rings. The van der Waals surface area contributed by atoms with E-state index in [1.54, 1.807) is 0 Å². The molecule has 1 aliphatic rings. The molecular formula is C29H30F4N2O4S. The number of carbonyl (C=O) groups excluding carboxylic acids is 1. The normalized spacial score (nSPS) is 14.5. The first-order chi connectivity index (χ1) is 18.9. The van der Waals surface area contributed by atoms with Gasteiger partial charge in [0.05, 0.1) is 13.1 Å². The molecule has 0 heterocycles. The fourth-order valence-electron chi connectivity index (χ4n) is 4.96. The molecular weight excluding hydrogens is 548 g/mol. The molecule has 1 amide bonds. The zero-order valence-corrected chi connectivity index (χ0v) is 22.9. The molecule has 214 valence electrons. The number of amides is 1. The summed E-state index contributed by atoms with van der Waals surface area (Å²) >= 11 is 0. The van der Waals surface area contributed by atoms with E-state index in [1.165, 1.54) is 54.0 Å². The number of nitrogens with zero attached hydrogens (tertiary/aromatic N) is 2. The number of benzene rings is 3. The molecule has 0 bridgehead atoms. The molecule has 1 aliphatic carbocycles. The van der Waals surface area contributed by atoms with Crippen LogP contribution in [0.5, 0.6) is 5.75 Å². The van der Waals surface area contributed by atoms with E-state index in [-0.39, 0.29) is 18.0 Å². The standard InChI is InChI=1S/C29H30F4N2O4S/c1-18-25(30)27(32)29(28(33)26(18)31)40(38,39)34(2)17-24(37)35(22-9-6-10-23(36)15-22)16-19-11-13-21(14-12-19)20-7-4-3-5-8-20/h6,9-15,20,36H,3-5,7-8,16-17H2,1-2H3. The summed E-state index contributed by atoms with van der Waals surface area (Å²) in [6.07, 6.45) is 5.82. The van der Waals surface area contributed by atoms with E-state index in [1.807, 2.05) is 24.3 Å². The van der Waals surface area contributed by atoms with Crippen LogP contribution in [-0.4, -0.2) is 37.3 Å². The van der Waals surface area contributed by atoms with E-state index < -0.39 is 56.2 Å². The predicted molar refractivity (Wildman–Crippen MR) is 142 cm³/mol. The molecule has 3 aromatic carbocycles. The van der Waals surface area contributed by atoms with Gasteiger partial charge < -0.3 is 10.0 Å². The molecule has 0 atom stereocenters. The van der Waals surface area contributed by atoms with Gasteiger partial charge in [-0.2, -0.15) is 4.31 Å². The maximum absolute atomic E-state index is 14.5. The van der Waals surface area contributed by atoms with E-state index in [0.29, 0.717) is 10.2 Å². The number of phenolic OH excluding ortho intramolecular Hbond substituents is 1. The van der Waals surface area contributed by atoms with Gasteiger partial charge in [0.1, 0.15) is 5.75 Å².